The number of ether oxygens (including phenoxy) is 3. The third-order valence-corrected chi connectivity index (χ3v) is 5.71. The molecule has 0 aliphatic carbocycles. The van der Waals surface area contributed by atoms with Crippen LogP contribution in [0.25, 0.3) is 0 Å². The largest absolute Gasteiger partial charge is 0.497 e. The number of anilines is 1. The molecule has 12 nitrogen and oxygen atoms in total. The molecule has 1 atom stereocenters. The summed E-state index contributed by atoms with van der Waals surface area (Å²) in [5.41, 5.74) is -0.515. The molecule has 0 aliphatic heterocycles. The normalized spacial score (nSPS) is 11.8. The van der Waals surface area contributed by atoms with Crippen LogP contribution in [0.1, 0.15) is 13.8 Å². The van der Waals surface area contributed by atoms with E-state index in [4.69, 9.17) is 14.2 Å². The van der Waals surface area contributed by atoms with Crippen LogP contribution in [-0.4, -0.2) is 51.6 Å². The molecule has 0 saturated heterocycles. The van der Waals surface area contributed by atoms with Gasteiger partial charge in [0.2, 0.25) is 10.0 Å². The standard InChI is InChI=1S/C20H23N3O9S/c1-4-31-15-7-10-17(18(11-15)23(26)27)21-19(24)12-32-20(25)13(2)22-33(28,29)16-8-5-14(30-3)6-9-16/h5-11,13,22H,4,12H2,1-3H3,(H,21,24). The fourth-order valence-corrected chi connectivity index (χ4v) is 3.77. The van der Waals surface area contributed by atoms with Crippen molar-refractivity contribution in [2.75, 3.05) is 25.6 Å². The van der Waals surface area contributed by atoms with E-state index in [-0.39, 0.29) is 16.3 Å². The highest BCUT2D eigenvalue weighted by Crippen LogP contribution is 2.29. The van der Waals surface area contributed by atoms with E-state index in [1.807, 2.05) is 0 Å². The third-order valence-electron chi connectivity index (χ3n) is 4.15. The number of amides is 1. The lowest BCUT2D eigenvalue weighted by molar-refractivity contribution is -0.384. The number of sulfonamides is 1. The molecule has 2 aromatic carbocycles. The number of esters is 1. The molecule has 178 valence electrons. The number of benzene rings is 2. The summed E-state index contributed by atoms with van der Waals surface area (Å²) in [7, 11) is -2.60. The first-order chi connectivity index (χ1) is 15.6. The minimum Gasteiger partial charge on any atom is -0.497 e. The Morgan fingerprint density at radius 3 is 2.33 bits per heavy atom. The van der Waals surface area contributed by atoms with Crippen LogP contribution in [0.15, 0.2) is 47.4 Å². The predicted molar refractivity (Wildman–Crippen MR) is 117 cm³/mol. The van der Waals surface area contributed by atoms with Crippen LogP contribution >= 0.6 is 0 Å². The Bertz CT molecular complexity index is 1120. The summed E-state index contributed by atoms with van der Waals surface area (Å²) in [4.78, 5) is 34.7. The second-order valence-electron chi connectivity index (χ2n) is 6.54. The number of carbonyl (C=O) groups excluding carboxylic acids is 2. The Balaban J connectivity index is 1.95. The van der Waals surface area contributed by atoms with E-state index in [1.165, 1.54) is 50.4 Å². The van der Waals surface area contributed by atoms with E-state index >= 15 is 0 Å². The molecule has 1 amide bonds. The molecule has 0 aromatic heterocycles. The van der Waals surface area contributed by atoms with Crippen molar-refractivity contribution < 1.29 is 37.1 Å². The van der Waals surface area contributed by atoms with Gasteiger partial charge in [0.05, 0.1) is 29.6 Å². The number of nitro groups is 1. The minimum absolute atomic E-state index is 0.0940. The van der Waals surface area contributed by atoms with Gasteiger partial charge in [-0.2, -0.15) is 4.72 Å². The zero-order valence-corrected chi connectivity index (χ0v) is 18.9. The van der Waals surface area contributed by atoms with Gasteiger partial charge >= 0.3 is 5.97 Å². The Kier molecular flexibility index (Phi) is 8.70. The first-order valence-corrected chi connectivity index (χ1v) is 11.1. The van der Waals surface area contributed by atoms with Crippen molar-refractivity contribution in [3.8, 4) is 11.5 Å². The van der Waals surface area contributed by atoms with Crippen molar-refractivity contribution in [1.29, 1.82) is 0 Å². The van der Waals surface area contributed by atoms with Gasteiger partial charge in [-0.15, -0.1) is 0 Å². The first-order valence-electron chi connectivity index (χ1n) is 9.61. The molecule has 0 saturated carbocycles. The van der Waals surface area contributed by atoms with Crippen LogP contribution in [0.5, 0.6) is 11.5 Å². The number of nitro benzene ring substituents is 1. The maximum absolute atomic E-state index is 12.4. The Morgan fingerprint density at radius 2 is 1.76 bits per heavy atom. The molecule has 2 aromatic rings. The van der Waals surface area contributed by atoms with Crippen LogP contribution < -0.4 is 19.5 Å². The maximum Gasteiger partial charge on any atom is 0.324 e. The molecule has 0 spiro atoms. The summed E-state index contributed by atoms with van der Waals surface area (Å²) in [6.07, 6.45) is 0. The lowest BCUT2D eigenvalue weighted by atomic mass is 10.2. The fraction of sp³-hybridized carbons (Fsp3) is 0.300. The van der Waals surface area contributed by atoms with Crippen molar-refractivity contribution in [3.63, 3.8) is 0 Å². The second-order valence-corrected chi connectivity index (χ2v) is 8.26. The molecule has 2 N–H and O–H groups in total. The molecule has 0 aliphatic rings. The van der Waals surface area contributed by atoms with Gasteiger partial charge in [0.25, 0.3) is 11.6 Å². The summed E-state index contributed by atoms with van der Waals surface area (Å²) in [5, 5.41) is 13.5. The summed E-state index contributed by atoms with van der Waals surface area (Å²) in [6.45, 7) is 2.49. The van der Waals surface area contributed by atoms with Gasteiger partial charge in [-0.05, 0) is 50.2 Å². The van der Waals surface area contributed by atoms with Crippen molar-refractivity contribution in [3.05, 3.63) is 52.6 Å². The topological polar surface area (TPSA) is 163 Å². The van der Waals surface area contributed by atoms with E-state index in [0.29, 0.717) is 12.4 Å². The predicted octanol–water partition coefficient (Wildman–Crippen LogP) is 1.85. The Hall–Kier alpha value is -3.71. The smallest absolute Gasteiger partial charge is 0.324 e. The molecule has 1 unspecified atom stereocenters. The molecular weight excluding hydrogens is 458 g/mol. The van der Waals surface area contributed by atoms with Gasteiger partial charge < -0.3 is 19.5 Å². The Labute approximate surface area is 190 Å². The lowest BCUT2D eigenvalue weighted by Gasteiger charge is -2.14. The zero-order valence-electron chi connectivity index (χ0n) is 18.1. The monoisotopic (exact) mass is 481 g/mol. The lowest BCUT2D eigenvalue weighted by Crippen LogP contribution is -2.40. The summed E-state index contributed by atoms with van der Waals surface area (Å²) < 4.78 is 41.9. The first kappa shape index (κ1) is 25.5. The van der Waals surface area contributed by atoms with Crippen LogP contribution in [0.3, 0.4) is 0 Å². The van der Waals surface area contributed by atoms with Crippen molar-refractivity contribution in [1.82, 2.24) is 4.72 Å². The van der Waals surface area contributed by atoms with Crippen LogP contribution in [0.2, 0.25) is 0 Å². The van der Waals surface area contributed by atoms with Crippen LogP contribution in [0.4, 0.5) is 11.4 Å². The molecule has 0 radical (unpaired) electrons. The SMILES string of the molecule is CCOc1ccc(NC(=O)COC(=O)C(C)NS(=O)(=O)c2ccc(OC)cc2)c([N+](=O)[O-])c1. The molecule has 0 heterocycles. The molecule has 13 heteroatoms. The summed E-state index contributed by atoms with van der Waals surface area (Å²) in [5.74, 6) is -1.14. The molecule has 0 fully saturated rings. The number of hydrogen-bond donors (Lipinski definition) is 2. The highest BCUT2D eigenvalue weighted by atomic mass is 32.2. The van der Waals surface area contributed by atoms with E-state index < -0.39 is 45.2 Å². The van der Waals surface area contributed by atoms with Crippen molar-refractivity contribution in [2.24, 2.45) is 0 Å². The van der Waals surface area contributed by atoms with Gasteiger partial charge in [0.15, 0.2) is 6.61 Å². The zero-order chi connectivity index (χ0) is 24.6. The molecule has 0 bridgehead atoms. The summed E-state index contributed by atoms with van der Waals surface area (Å²) in [6, 6.07) is 8.07. The van der Waals surface area contributed by atoms with Gasteiger partial charge in [-0.1, -0.05) is 0 Å². The average molecular weight is 481 g/mol. The van der Waals surface area contributed by atoms with E-state index in [1.54, 1.807) is 6.92 Å². The van der Waals surface area contributed by atoms with E-state index in [9.17, 15) is 28.1 Å². The van der Waals surface area contributed by atoms with Crippen molar-refractivity contribution >= 4 is 33.3 Å². The van der Waals surface area contributed by atoms with Gasteiger partial charge in [-0.25, -0.2) is 8.42 Å². The third kappa shape index (κ3) is 7.15. The number of carbonyl (C=O) groups is 2. The van der Waals surface area contributed by atoms with Crippen molar-refractivity contribution in [2.45, 2.75) is 24.8 Å². The van der Waals surface area contributed by atoms with E-state index in [2.05, 4.69) is 10.0 Å². The highest BCUT2D eigenvalue weighted by molar-refractivity contribution is 7.89. The average Bonchev–Trinajstić information content (AvgIpc) is 2.78. The van der Waals surface area contributed by atoms with E-state index in [0.717, 1.165) is 6.07 Å². The maximum atomic E-state index is 12.4. The second kappa shape index (κ2) is 11.2. The number of hydrogen-bond acceptors (Lipinski definition) is 9. The van der Waals surface area contributed by atoms with Gasteiger partial charge in [0, 0.05) is 0 Å². The van der Waals surface area contributed by atoms with Crippen LogP contribution in [0, 0.1) is 10.1 Å². The number of rotatable bonds is 11. The molecule has 33 heavy (non-hydrogen) atoms. The quantitative estimate of drug-likeness (QED) is 0.277. The number of nitrogens with zero attached hydrogens (tertiary/aromatic N) is 1. The fourth-order valence-electron chi connectivity index (χ4n) is 2.58. The van der Waals surface area contributed by atoms with Gasteiger partial charge in [0.1, 0.15) is 23.2 Å². The minimum atomic E-state index is -4.03. The number of nitrogens with one attached hydrogen (secondary N) is 2. The Morgan fingerprint density at radius 1 is 1.12 bits per heavy atom. The van der Waals surface area contributed by atoms with Crippen LogP contribution in [-0.2, 0) is 24.3 Å². The molecule has 2 rings (SSSR count). The van der Waals surface area contributed by atoms with Gasteiger partial charge in [-0.3, -0.25) is 19.7 Å². The summed E-state index contributed by atoms with van der Waals surface area (Å²) >= 11 is 0. The number of methoxy groups -OCH3 is 1. The molecular formula is C20H23N3O9S. The highest BCUT2D eigenvalue weighted by Gasteiger charge is 2.24.